The third-order valence-corrected chi connectivity index (χ3v) is 5.94. The third kappa shape index (κ3) is 3.75. The van der Waals surface area contributed by atoms with E-state index >= 15 is 0 Å². The highest BCUT2D eigenvalue weighted by atomic mass is 35.5. The molecule has 0 atom stereocenters. The first-order chi connectivity index (χ1) is 14.3. The highest BCUT2D eigenvalue weighted by Crippen LogP contribution is 2.26. The van der Waals surface area contributed by atoms with Crippen LogP contribution in [0, 0.1) is 0 Å². The number of rotatable bonds is 5. The van der Waals surface area contributed by atoms with Crippen molar-refractivity contribution in [2.75, 3.05) is 5.43 Å². The molecule has 2 aromatic heterocycles. The zero-order valence-corrected chi connectivity index (χ0v) is 17.0. The van der Waals surface area contributed by atoms with Gasteiger partial charge in [-0.15, -0.1) is 0 Å². The minimum atomic E-state index is 0.750. The third-order valence-electron chi connectivity index (χ3n) is 4.74. The van der Waals surface area contributed by atoms with Gasteiger partial charge in [-0.2, -0.15) is 5.10 Å². The number of hydrogen-bond donors (Lipinski definition) is 1. The minimum absolute atomic E-state index is 0.750. The Morgan fingerprint density at radius 1 is 1.00 bits per heavy atom. The van der Waals surface area contributed by atoms with Crippen LogP contribution in [0.25, 0.3) is 21.1 Å². The molecule has 1 N–H and O–H groups in total. The average molecular weight is 417 g/mol. The van der Waals surface area contributed by atoms with Gasteiger partial charge >= 0.3 is 0 Å². The molecule has 142 valence electrons. The van der Waals surface area contributed by atoms with Crippen molar-refractivity contribution >= 4 is 55.4 Å². The zero-order chi connectivity index (χ0) is 19.6. The highest BCUT2D eigenvalue weighted by molar-refractivity contribution is 7.22. The molecule has 0 aliphatic heterocycles. The van der Waals surface area contributed by atoms with Crippen LogP contribution in [-0.4, -0.2) is 15.8 Å². The minimum Gasteiger partial charge on any atom is -0.342 e. The standard InChI is InChI=1S/C23H17ClN4S/c24-18-11-9-16(10-12-18)14-28-15-17(19-5-1-3-7-21(19)28)13-25-27-23-26-20-6-2-4-8-22(20)29-23/h1-13,15H,14H2,(H,26,27). The molecule has 0 fully saturated rings. The van der Waals surface area contributed by atoms with E-state index in [4.69, 9.17) is 11.6 Å². The van der Waals surface area contributed by atoms with Crippen molar-refractivity contribution in [3.63, 3.8) is 0 Å². The maximum atomic E-state index is 6.01. The van der Waals surface area contributed by atoms with E-state index < -0.39 is 0 Å². The van der Waals surface area contributed by atoms with Crippen LogP contribution in [0.15, 0.2) is 84.1 Å². The van der Waals surface area contributed by atoms with Gasteiger partial charge in [0.15, 0.2) is 0 Å². The number of para-hydroxylation sites is 2. The van der Waals surface area contributed by atoms with Crippen LogP contribution in [0.3, 0.4) is 0 Å². The SMILES string of the molecule is Clc1ccc(Cn2cc(C=NNc3nc4ccccc4s3)c3ccccc32)cc1. The Balaban J connectivity index is 1.42. The number of benzene rings is 3. The Kier molecular flexibility index (Phi) is 4.76. The molecule has 29 heavy (non-hydrogen) atoms. The molecular weight excluding hydrogens is 400 g/mol. The lowest BCUT2D eigenvalue weighted by molar-refractivity contribution is 0.836. The maximum absolute atomic E-state index is 6.01. The van der Waals surface area contributed by atoms with Crippen molar-refractivity contribution in [3.8, 4) is 0 Å². The summed E-state index contributed by atoms with van der Waals surface area (Å²) in [6, 6.07) is 24.4. The number of nitrogens with one attached hydrogen (secondary N) is 1. The van der Waals surface area contributed by atoms with E-state index in [2.05, 4.69) is 62.7 Å². The van der Waals surface area contributed by atoms with E-state index in [0.717, 1.165) is 37.9 Å². The Bertz CT molecular complexity index is 1280. The lowest BCUT2D eigenvalue weighted by Crippen LogP contribution is -1.97. The molecule has 0 saturated heterocycles. The summed E-state index contributed by atoms with van der Waals surface area (Å²) in [5.41, 5.74) is 7.48. The lowest BCUT2D eigenvalue weighted by atomic mass is 10.2. The van der Waals surface area contributed by atoms with Crippen LogP contribution in [0.2, 0.25) is 5.02 Å². The molecule has 0 unspecified atom stereocenters. The number of fused-ring (bicyclic) bond motifs is 2. The maximum Gasteiger partial charge on any atom is 0.204 e. The number of nitrogens with zero attached hydrogens (tertiary/aromatic N) is 3. The fourth-order valence-corrected chi connectivity index (χ4v) is 4.31. The Hall–Kier alpha value is -3.15. The van der Waals surface area contributed by atoms with Gasteiger partial charge in [0.2, 0.25) is 5.13 Å². The predicted octanol–water partition coefficient (Wildman–Crippen LogP) is 6.40. The van der Waals surface area contributed by atoms with Crippen molar-refractivity contribution in [1.82, 2.24) is 9.55 Å². The van der Waals surface area contributed by atoms with Gasteiger partial charge in [0.1, 0.15) is 0 Å². The summed E-state index contributed by atoms with van der Waals surface area (Å²) >= 11 is 7.60. The smallest absolute Gasteiger partial charge is 0.204 e. The first kappa shape index (κ1) is 17.9. The summed E-state index contributed by atoms with van der Waals surface area (Å²) in [5.74, 6) is 0. The molecule has 0 aliphatic carbocycles. The largest absolute Gasteiger partial charge is 0.342 e. The fraction of sp³-hybridized carbons (Fsp3) is 0.0435. The molecule has 0 radical (unpaired) electrons. The van der Waals surface area contributed by atoms with Crippen molar-refractivity contribution in [2.24, 2.45) is 5.10 Å². The molecule has 0 bridgehead atoms. The van der Waals surface area contributed by atoms with E-state index in [9.17, 15) is 0 Å². The van der Waals surface area contributed by atoms with Crippen LogP contribution >= 0.6 is 22.9 Å². The average Bonchev–Trinajstić information content (AvgIpc) is 3.31. The zero-order valence-electron chi connectivity index (χ0n) is 15.4. The summed E-state index contributed by atoms with van der Waals surface area (Å²) in [4.78, 5) is 4.55. The number of thiazole rings is 1. The lowest BCUT2D eigenvalue weighted by Gasteiger charge is -2.05. The van der Waals surface area contributed by atoms with Gasteiger partial charge < -0.3 is 4.57 Å². The second-order valence-corrected chi connectivity index (χ2v) is 8.18. The summed E-state index contributed by atoms with van der Waals surface area (Å²) in [6.07, 6.45) is 3.98. The Morgan fingerprint density at radius 3 is 2.66 bits per heavy atom. The van der Waals surface area contributed by atoms with Crippen molar-refractivity contribution in [2.45, 2.75) is 6.54 Å². The fourth-order valence-electron chi connectivity index (χ4n) is 3.37. The van der Waals surface area contributed by atoms with Crippen LogP contribution in [0.5, 0.6) is 0 Å². The first-order valence-electron chi connectivity index (χ1n) is 9.23. The quantitative estimate of drug-likeness (QED) is 0.266. The molecule has 0 spiro atoms. The summed E-state index contributed by atoms with van der Waals surface area (Å²) in [6.45, 7) is 0.775. The van der Waals surface area contributed by atoms with Gasteiger partial charge in [0.05, 0.1) is 16.4 Å². The molecular formula is C23H17ClN4S. The molecule has 3 aromatic carbocycles. The normalized spacial score (nSPS) is 11.6. The van der Waals surface area contributed by atoms with Crippen LogP contribution < -0.4 is 5.43 Å². The molecule has 0 amide bonds. The highest BCUT2D eigenvalue weighted by Gasteiger charge is 2.07. The number of hydrogen-bond acceptors (Lipinski definition) is 4. The van der Waals surface area contributed by atoms with Gasteiger partial charge in [-0.1, -0.05) is 65.4 Å². The second-order valence-electron chi connectivity index (χ2n) is 6.71. The van der Waals surface area contributed by atoms with Gasteiger partial charge in [0, 0.05) is 34.2 Å². The van der Waals surface area contributed by atoms with E-state index in [1.54, 1.807) is 11.3 Å². The van der Waals surface area contributed by atoms with E-state index in [-0.39, 0.29) is 0 Å². The van der Waals surface area contributed by atoms with Crippen LogP contribution in [0.4, 0.5) is 5.13 Å². The number of halogens is 1. The van der Waals surface area contributed by atoms with Crippen molar-refractivity contribution < 1.29 is 0 Å². The summed E-state index contributed by atoms with van der Waals surface area (Å²) in [7, 11) is 0. The molecule has 4 nitrogen and oxygen atoms in total. The van der Waals surface area contributed by atoms with Crippen LogP contribution in [0.1, 0.15) is 11.1 Å². The van der Waals surface area contributed by atoms with E-state index in [1.165, 1.54) is 11.1 Å². The van der Waals surface area contributed by atoms with Crippen molar-refractivity contribution in [3.05, 3.63) is 95.1 Å². The summed E-state index contributed by atoms with van der Waals surface area (Å²) < 4.78 is 3.38. The van der Waals surface area contributed by atoms with Gasteiger partial charge in [-0.05, 0) is 35.9 Å². The molecule has 5 aromatic rings. The van der Waals surface area contributed by atoms with E-state index in [1.807, 2.05) is 42.6 Å². The molecule has 0 saturated carbocycles. The summed E-state index contributed by atoms with van der Waals surface area (Å²) in [5, 5.41) is 7.13. The van der Waals surface area contributed by atoms with Gasteiger partial charge in [-0.25, -0.2) is 4.98 Å². The topological polar surface area (TPSA) is 42.2 Å². The predicted molar refractivity (Wildman–Crippen MR) is 123 cm³/mol. The molecule has 5 rings (SSSR count). The monoisotopic (exact) mass is 416 g/mol. The molecule has 6 heteroatoms. The second kappa shape index (κ2) is 7.70. The first-order valence-corrected chi connectivity index (χ1v) is 10.4. The molecule has 2 heterocycles. The Labute approximate surface area is 177 Å². The van der Waals surface area contributed by atoms with Crippen LogP contribution in [-0.2, 0) is 6.54 Å². The van der Waals surface area contributed by atoms with Gasteiger partial charge in [0.25, 0.3) is 0 Å². The van der Waals surface area contributed by atoms with Crippen molar-refractivity contribution in [1.29, 1.82) is 0 Å². The number of hydrazone groups is 1. The Morgan fingerprint density at radius 2 is 1.79 bits per heavy atom. The van der Waals surface area contributed by atoms with E-state index in [0.29, 0.717) is 0 Å². The number of aromatic nitrogens is 2. The molecule has 0 aliphatic rings. The number of anilines is 1. The van der Waals surface area contributed by atoms with Gasteiger partial charge in [-0.3, -0.25) is 5.43 Å².